The smallest absolute Gasteiger partial charge is 0.0716 e. The van der Waals surface area contributed by atoms with Crippen LogP contribution in [0.5, 0.6) is 0 Å². The Morgan fingerprint density at radius 1 is 0.194 bits per heavy atom. The summed E-state index contributed by atoms with van der Waals surface area (Å²) in [6.45, 7) is 0. The van der Waals surface area contributed by atoms with Crippen LogP contribution in [0, 0.1) is 0 Å². The van der Waals surface area contributed by atoms with Gasteiger partial charge in [0.05, 0.1) is 11.4 Å². The minimum Gasteiger partial charge on any atom is -0.248 e. The summed E-state index contributed by atoms with van der Waals surface area (Å²) in [5.74, 6) is 0. The van der Waals surface area contributed by atoms with E-state index >= 15 is 0 Å². The topological polar surface area (TPSA) is 12.9 Å². The van der Waals surface area contributed by atoms with Crippen molar-refractivity contribution < 1.29 is 0 Å². The van der Waals surface area contributed by atoms with Crippen LogP contribution in [0.2, 0.25) is 0 Å². The molecule has 0 amide bonds. The van der Waals surface area contributed by atoms with Gasteiger partial charge in [0.25, 0.3) is 0 Å². The molecule has 1 heterocycles. The number of pyridine rings is 1. The SMILES string of the molecule is c1ccc(-c2cccc(-c3cc(-c4ccccc4)nc(-c4cc(-c5ccc6c7ccccc7c7ccccc7c6c5)cc(-c5cc6ccccc6c6ccccc56)c4)c3)c2)cc1. The first-order valence-corrected chi connectivity index (χ1v) is 21.4. The fourth-order valence-electron chi connectivity index (χ4n) is 9.59. The molecule has 0 atom stereocenters. The van der Waals surface area contributed by atoms with Gasteiger partial charge in [-0.05, 0) is 147 Å². The van der Waals surface area contributed by atoms with Crippen LogP contribution in [0.4, 0.5) is 0 Å². The molecule has 12 rings (SSSR count). The molecule has 0 aliphatic carbocycles. The van der Waals surface area contributed by atoms with Gasteiger partial charge < -0.3 is 0 Å². The second-order valence-corrected chi connectivity index (χ2v) is 16.3. The van der Waals surface area contributed by atoms with Crippen LogP contribution in [0.25, 0.3) is 121 Å². The normalized spacial score (nSPS) is 11.5. The van der Waals surface area contributed by atoms with Crippen molar-refractivity contribution in [3.63, 3.8) is 0 Å². The summed E-state index contributed by atoms with van der Waals surface area (Å²) in [6, 6.07) is 86.3. The van der Waals surface area contributed by atoms with E-state index in [0.717, 1.165) is 44.8 Å². The highest BCUT2D eigenvalue weighted by Crippen LogP contribution is 2.42. The lowest BCUT2D eigenvalue weighted by molar-refractivity contribution is 1.32. The highest BCUT2D eigenvalue weighted by atomic mass is 14.7. The molecular weight excluding hydrogens is 747 g/mol. The van der Waals surface area contributed by atoms with Gasteiger partial charge in [-0.1, -0.05) is 188 Å². The Morgan fingerprint density at radius 3 is 1.29 bits per heavy atom. The second kappa shape index (κ2) is 14.9. The molecule has 11 aromatic carbocycles. The van der Waals surface area contributed by atoms with Crippen molar-refractivity contribution in [3.05, 3.63) is 237 Å². The molecule has 0 aliphatic heterocycles. The third-order valence-electron chi connectivity index (χ3n) is 12.6. The molecule has 0 aliphatic rings. The summed E-state index contributed by atoms with van der Waals surface area (Å²) in [6.07, 6.45) is 0. The summed E-state index contributed by atoms with van der Waals surface area (Å²) in [7, 11) is 0. The Balaban J connectivity index is 1.12. The van der Waals surface area contributed by atoms with Gasteiger partial charge in [0.2, 0.25) is 0 Å². The van der Waals surface area contributed by atoms with Gasteiger partial charge in [-0.25, -0.2) is 4.98 Å². The number of hydrogen-bond acceptors (Lipinski definition) is 1. The molecule has 0 saturated heterocycles. The largest absolute Gasteiger partial charge is 0.248 e. The Bertz CT molecular complexity index is 3640. The number of hydrogen-bond donors (Lipinski definition) is 0. The molecule has 62 heavy (non-hydrogen) atoms. The number of benzene rings is 11. The van der Waals surface area contributed by atoms with Crippen LogP contribution in [0.15, 0.2) is 237 Å². The van der Waals surface area contributed by atoms with Crippen molar-refractivity contribution >= 4 is 53.9 Å². The first-order chi connectivity index (χ1) is 30.7. The predicted molar refractivity (Wildman–Crippen MR) is 264 cm³/mol. The minimum atomic E-state index is 0.928. The quantitative estimate of drug-likeness (QED) is 0.153. The third kappa shape index (κ3) is 6.22. The van der Waals surface area contributed by atoms with Crippen LogP contribution in [0.1, 0.15) is 0 Å². The van der Waals surface area contributed by atoms with Gasteiger partial charge in [-0.15, -0.1) is 0 Å². The van der Waals surface area contributed by atoms with E-state index in [0.29, 0.717) is 0 Å². The molecular formula is C61H39N. The molecule has 1 aromatic heterocycles. The number of fused-ring (bicyclic) bond motifs is 9. The fraction of sp³-hybridized carbons (Fsp3) is 0. The zero-order valence-electron chi connectivity index (χ0n) is 34.0. The molecule has 1 heteroatoms. The van der Waals surface area contributed by atoms with Gasteiger partial charge in [-0.3, -0.25) is 0 Å². The summed E-state index contributed by atoms with van der Waals surface area (Å²) in [5.41, 5.74) is 13.3. The lowest BCUT2D eigenvalue weighted by atomic mass is 9.88. The maximum absolute atomic E-state index is 5.49. The van der Waals surface area contributed by atoms with E-state index in [1.807, 2.05) is 0 Å². The highest BCUT2D eigenvalue weighted by Gasteiger charge is 2.17. The van der Waals surface area contributed by atoms with Crippen molar-refractivity contribution in [2.45, 2.75) is 0 Å². The van der Waals surface area contributed by atoms with Crippen molar-refractivity contribution in [3.8, 4) is 67.0 Å². The average Bonchev–Trinajstić information content (AvgIpc) is 3.36. The summed E-state index contributed by atoms with van der Waals surface area (Å²) >= 11 is 0. The minimum absolute atomic E-state index is 0.928. The van der Waals surface area contributed by atoms with E-state index in [4.69, 9.17) is 4.98 Å². The van der Waals surface area contributed by atoms with E-state index in [-0.39, 0.29) is 0 Å². The molecule has 0 unspecified atom stereocenters. The monoisotopic (exact) mass is 785 g/mol. The molecule has 12 aromatic rings. The molecule has 0 saturated carbocycles. The molecule has 288 valence electrons. The highest BCUT2D eigenvalue weighted by molar-refractivity contribution is 6.26. The average molecular weight is 786 g/mol. The summed E-state index contributed by atoms with van der Waals surface area (Å²) in [4.78, 5) is 5.49. The van der Waals surface area contributed by atoms with Gasteiger partial charge >= 0.3 is 0 Å². The van der Waals surface area contributed by atoms with Crippen molar-refractivity contribution in [2.75, 3.05) is 0 Å². The van der Waals surface area contributed by atoms with Crippen LogP contribution in [-0.4, -0.2) is 4.98 Å². The Morgan fingerprint density at radius 2 is 0.613 bits per heavy atom. The summed E-state index contributed by atoms with van der Waals surface area (Å²) in [5, 5.41) is 12.6. The van der Waals surface area contributed by atoms with Crippen molar-refractivity contribution in [1.29, 1.82) is 0 Å². The standard InChI is InChI=1S/C61H39N/c1-3-16-40(17-4-1)42-21-15-22-43(32-42)47-38-60(41-18-5-2-6-19-41)62-61(39-47)49-34-46(33-48(35-49)58-37-45-20-7-8-23-50(45)51-24-9-13-28-55(51)58)44-30-31-57-54-27-11-10-25-52(54)53-26-12-14-29-56(53)59(57)36-44/h1-39H. The van der Waals surface area contributed by atoms with Crippen LogP contribution >= 0.6 is 0 Å². The molecule has 0 radical (unpaired) electrons. The van der Waals surface area contributed by atoms with Crippen molar-refractivity contribution in [1.82, 2.24) is 4.98 Å². The number of nitrogens with zero attached hydrogens (tertiary/aromatic N) is 1. The Kier molecular flexibility index (Phi) is 8.57. The van der Waals surface area contributed by atoms with Gasteiger partial charge in [-0.2, -0.15) is 0 Å². The van der Waals surface area contributed by atoms with E-state index in [1.54, 1.807) is 0 Å². The zero-order chi connectivity index (χ0) is 41.0. The van der Waals surface area contributed by atoms with E-state index in [9.17, 15) is 0 Å². The fourth-order valence-corrected chi connectivity index (χ4v) is 9.59. The first kappa shape index (κ1) is 35.8. The maximum atomic E-state index is 5.49. The molecule has 0 N–H and O–H groups in total. The molecule has 0 spiro atoms. The van der Waals surface area contributed by atoms with Gasteiger partial charge in [0.1, 0.15) is 0 Å². The number of aromatic nitrogens is 1. The summed E-state index contributed by atoms with van der Waals surface area (Å²) < 4.78 is 0. The van der Waals surface area contributed by atoms with Crippen LogP contribution in [0.3, 0.4) is 0 Å². The third-order valence-corrected chi connectivity index (χ3v) is 12.6. The van der Waals surface area contributed by atoms with Gasteiger partial charge in [0.15, 0.2) is 0 Å². The molecule has 0 bridgehead atoms. The first-order valence-electron chi connectivity index (χ1n) is 21.4. The number of rotatable bonds is 6. The van der Waals surface area contributed by atoms with Crippen molar-refractivity contribution in [2.24, 2.45) is 0 Å². The van der Waals surface area contributed by atoms with E-state index < -0.39 is 0 Å². The Labute approximate surface area is 360 Å². The van der Waals surface area contributed by atoms with Gasteiger partial charge in [0, 0.05) is 11.1 Å². The molecule has 1 nitrogen and oxygen atoms in total. The Hall–Kier alpha value is -8.13. The lowest BCUT2D eigenvalue weighted by Crippen LogP contribution is -1.94. The van der Waals surface area contributed by atoms with E-state index in [1.165, 1.54) is 76.1 Å². The second-order valence-electron chi connectivity index (χ2n) is 16.3. The molecule has 0 fully saturated rings. The van der Waals surface area contributed by atoms with Crippen LogP contribution < -0.4 is 0 Å². The van der Waals surface area contributed by atoms with E-state index in [2.05, 4.69) is 237 Å². The zero-order valence-corrected chi connectivity index (χ0v) is 34.0. The van der Waals surface area contributed by atoms with Crippen LogP contribution in [-0.2, 0) is 0 Å². The predicted octanol–water partition coefficient (Wildman–Crippen LogP) is 16.8. The lowest BCUT2D eigenvalue weighted by Gasteiger charge is -2.17. The maximum Gasteiger partial charge on any atom is 0.0716 e.